The predicted molar refractivity (Wildman–Crippen MR) is 127 cm³/mol. The highest BCUT2D eigenvalue weighted by molar-refractivity contribution is 6.00. The molecule has 1 heterocycles. The Morgan fingerprint density at radius 1 is 1.09 bits per heavy atom. The number of rotatable bonds is 9. The Morgan fingerprint density at radius 3 is 2.50 bits per heavy atom. The van der Waals surface area contributed by atoms with Crippen molar-refractivity contribution in [3.05, 3.63) is 48.2 Å². The second-order valence-corrected chi connectivity index (χ2v) is 7.64. The van der Waals surface area contributed by atoms with Gasteiger partial charge in [0.1, 0.15) is 11.3 Å². The lowest BCUT2D eigenvalue weighted by Gasteiger charge is -2.13. The van der Waals surface area contributed by atoms with Crippen LogP contribution in [0, 0.1) is 0 Å². The lowest BCUT2D eigenvalue weighted by Crippen LogP contribution is -2.30. The summed E-state index contributed by atoms with van der Waals surface area (Å²) in [6, 6.07) is 9.75. The summed E-state index contributed by atoms with van der Waals surface area (Å²) < 4.78 is 22.5. The maximum atomic E-state index is 12.4. The molecule has 0 fully saturated rings. The number of methoxy groups -OCH3 is 2. The molecular weight excluding hydrogens is 406 g/mol. The van der Waals surface area contributed by atoms with Gasteiger partial charge in [0.15, 0.2) is 11.5 Å². The van der Waals surface area contributed by atoms with E-state index in [1.165, 1.54) is 0 Å². The molecule has 0 saturated heterocycles. The summed E-state index contributed by atoms with van der Waals surface area (Å²) in [5, 5.41) is 3.90. The van der Waals surface area contributed by atoms with Crippen molar-refractivity contribution >= 4 is 22.4 Å². The highest BCUT2D eigenvalue weighted by Crippen LogP contribution is 2.40. The topological polar surface area (TPSA) is 69.9 Å². The molecule has 6 heteroatoms. The van der Waals surface area contributed by atoms with Crippen LogP contribution in [-0.2, 0) is 4.79 Å². The fourth-order valence-electron chi connectivity index (χ4n) is 3.53. The minimum absolute atomic E-state index is 0.117. The number of ether oxygens (including phenoxy) is 3. The number of nitrogens with one attached hydrogen (secondary N) is 1. The SMILES string of the molecule is CCOc1cc2occ(-c3ccc(OC)c(OC)c3)c2cc1/C(C)=C/C(=O)NC(C)CC. The molecule has 1 amide bonds. The Balaban J connectivity index is 2.09. The third-order valence-corrected chi connectivity index (χ3v) is 5.44. The molecule has 6 nitrogen and oxygen atoms in total. The van der Waals surface area contributed by atoms with E-state index in [9.17, 15) is 4.79 Å². The van der Waals surface area contributed by atoms with Crippen LogP contribution in [0.15, 0.2) is 47.1 Å². The number of hydrogen-bond acceptors (Lipinski definition) is 5. The Bertz CT molecular complexity index is 1130. The molecule has 0 bridgehead atoms. The van der Waals surface area contributed by atoms with Gasteiger partial charge in [0.05, 0.1) is 27.1 Å². The van der Waals surface area contributed by atoms with E-state index in [-0.39, 0.29) is 11.9 Å². The first-order valence-electron chi connectivity index (χ1n) is 10.8. The Kier molecular flexibility index (Phi) is 7.46. The molecule has 0 saturated carbocycles. The van der Waals surface area contributed by atoms with Gasteiger partial charge in [0.25, 0.3) is 0 Å². The van der Waals surface area contributed by atoms with Gasteiger partial charge in [-0.2, -0.15) is 0 Å². The number of allylic oxidation sites excluding steroid dienone is 1. The van der Waals surface area contributed by atoms with Crippen LogP contribution in [0.2, 0.25) is 0 Å². The van der Waals surface area contributed by atoms with Gasteiger partial charge >= 0.3 is 0 Å². The molecule has 0 radical (unpaired) electrons. The van der Waals surface area contributed by atoms with E-state index in [0.717, 1.165) is 34.1 Å². The fraction of sp³-hybridized carbons (Fsp3) is 0.346. The number of benzene rings is 2. The second kappa shape index (κ2) is 10.3. The molecule has 1 aromatic heterocycles. The number of carbonyl (C=O) groups excluding carboxylic acids is 1. The molecule has 0 aliphatic heterocycles. The van der Waals surface area contributed by atoms with E-state index in [1.807, 2.05) is 58.0 Å². The molecule has 3 aromatic rings. The first kappa shape index (κ1) is 23.3. The van der Waals surface area contributed by atoms with Gasteiger partial charge in [-0.25, -0.2) is 0 Å². The largest absolute Gasteiger partial charge is 0.493 e. The van der Waals surface area contributed by atoms with E-state index >= 15 is 0 Å². The van der Waals surface area contributed by atoms with E-state index in [2.05, 4.69) is 5.32 Å². The van der Waals surface area contributed by atoms with E-state index in [4.69, 9.17) is 18.6 Å². The van der Waals surface area contributed by atoms with Crippen LogP contribution < -0.4 is 19.5 Å². The number of furan rings is 1. The lowest BCUT2D eigenvalue weighted by molar-refractivity contribution is -0.117. The molecule has 0 spiro atoms. The second-order valence-electron chi connectivity index (χ2n) is 7.64. The van der Waals surface area contributed by atoms with Crippen molar-refractivity contribution in [3.63, 3.8) is 0 Å². The Hall–Kier alpha value is -3.41. The standard InChI is InChI=1S/C26H31NO5/c1-7-17(4)27-26(28)11-16(3)19-13-20-21(15-32-24(20)14-23(19)31-8-2)18-9-10-22(29-5)25(12-18)30-6/h9-15,17H,7-8H2,1-6H3,(H,27,28)/b16-11+. The van der Waals surface area contributed by atoms with Gasteiger partial charge < -0.3 is 23.9 Å². The molecule has 32 heavy (non-hydrogen) atoms. The van der Waals surface area contributed by atoms with Crippen LogP contribution in [-0.4, -0.2) is 32.8 Å². The van der Waals surface area contributed by atoms with Crippen molar-refractivity contribution in [2.24, 2.45) is 0 Å². The molecule has 170 valence electrons. The smallest absolute Gasteiger partial charge is 0.244 e. The summed E-state index contributed by atoms with van der Waals surface area (Å²) in [7, 11) is 3.22. The molecule has 1 N–H and O–H groups in total. The third-order valence-electron chi connectivity index (χ3n) is 5.44. The monoisotopic (exact) mass is 437 g/mol. The molecule has 3 rings (SSSR count). The summed E-state index contributed by atoms with van der Waals surface area (Å²) in [6.45, 7) is 8.38. The van der Waals surface area contributed by atoms with Crippen molar-refractivity contribution in [3.8, 4) is 28.4 Å². The van der Waals surface area contributed by atoms with Gasteiger partial charge in [0, 0.05) is 34.7 Å². The van der Waals surface area contributed by atoms with Crippen LogP contribution in [0.3, 0.4) is 0 Å². The van der Waals surface area contributed by atoms with Gasteiger partial charge in [0.2, 0.25) is 5.91 Å². The first-order valence-corrected chi connectivity index (χ1v) is 10.8. The Labute approximate surface area is 189 Å². The van der Waals surface area contributed by atoms with Crippen molar-refractivity contribution in [1.82, 2.24) is 5.32 Å². The zero-order valence-corrected chi connectivity index (χ0v) is 19.6. The van der Waals surface area contributed by atoms with E-state index in [1.54, 1.807) is 26.6 Å². The number of amides is 1. The average molecular weight is 438 g/mol. The van der Waals surface area contributed by atoms with Crippen molar-refractivity contribution in [2.75, 3.05) is 20.8 Å². The quantitative estimate of drug-likeness (QED) is 0.426. The lowest BCUT2D eigenvalue weighted by atomic mass is 9.99. The third kappa shape index (κ3) is 4.90. The van der Waals surface area contributed by atoms with Crippen LogP contribution in [0.25, 0.3) is 27.7 Å². The van der Waals surface area contributed by atoms with Gasteiger partial charge in [-0.3, -0.25) is 4.79 Å². The van der Waals surface area contributed by atoms with Crippen molar-refractivity contribution in [1.29, 1.82) is 0 Å². The highest BCUT2D eigenvalue weighted by Gasteiger charge is 2.17. The number of carbonyl (C=O) groups is 1. The summed E-state index contributed by atoms with van der Waals surface area (Å²) in [5.74, 6) is 1.86. The Morgan fingerprint density at radius 2 is 1.84 bits per heavy atom. The molecule has 0 aliphatic rings. The molecule has 1 unspecified atom stereocenters. The molecule has 2 aromatic carbocycles. The van der Waals surface area contributed by atoms with Crippen LogP contribution >= 0.6 is 0 Å². The zero-order chi connectivity index (χ0) is 23.3. The first-order chi connectivity index (χ1) is 15.4. The van der Waals surface area contributed by atoms with E-state index < -0.39 is 0 Å². The normalized spacial score (nSPS) is 12.5. The number of fused-ring (bicyclic) bond motifs is 1. The molecule has 0 aliphatic carbocycles. The summed E-state index contributed by atoms with van der Waals surface area (Å²) >= 11 is 0. The maximum absolute atomic E-state index is 12.4. The predicted octanol–water partition coefficient (Wildman–Crippen LogP) is 5.83. The van der Waals surface area contributed by atoms with Gasteiger partial charge in [-0.05, 0) is 56.5 Å². The molecule has 1 atom stereocenters. The van der Waals surface area contributed by atoms with Crippen LogP contribution in [0.5, 0.6) is 17.2 Å². The van der Waals surface area contributed by atoms with E-state index in [0.29, 0.717) is 29.4 Å². The minimum Gasteiger partial charge on any atom is -0.493 e. The fourth-order valence-corrected chi connectivity index (χ4v) is 3.53. The zero-order valence-electron chi connectivity index (χ0n) is 19.6. The molecular formula is C26H31NO5. The summed E-state index contributed by atoms with van der Waals surface area (Å²) in [5.41, 5.74) is 4.23. The van der Waals surface area contributed by atoms with Crippen molar-refractivity contribution < 1.29 is 23.4 Å². The summed E-state index contributed by atoms with van der Waals surface area (Å²) in [6.07, 6.45) is 4.21. The summed E-state index contributed by atoms with van der Waals surface area (Å²) in [4.78, 5) is 12.4. The van der Waals surface area contributed by atoms with Crippen molar-refractivity contribution in [2.45, 2.75) is 40.2 Å². The van der Waals surface area contributed by atoms with Crippen LogP contribution in [0.4, 0.5) is 0 Å². The van der Waals surface area contributed by atoms with Gasteiger partial charge in [-0.1, -0.05) is 13.0 Å². The average Bonchev–Trinajstić information content (AvgIpc) is 3.20. The highest BCUT2D eigenvalue weighted by atomic mass is 16.5. The van der Waals surface area contributed by atoms with Crippen LogP contribution in [0.1, 0.15) is 39.7 Å². The maximum Gasteiger partial charge on any atom is 0.244 e. The number of hydrogen-bond donors (Lipinski definition) is 1. The minimum atomic E-state index is -0.119. The van der Waals surface area contributed by atoms with Gasteiger partial charge in [-0.15, -0.1) is 0 Å².